The number of nitrogens with one attached hydrogen (secondary N) is 1. The molecule has 0 aliphatic carbocycles. The van der Waals surface area contributed by atoms with E-state index in [0.717, 1.165) is 5.69 Å². The summed E-state index contributed by atoms with van der Waals surface area (Å²) in [5.74, 6) is 0. The van der Waals surface area contributed by atoms with E-state index in [1.165, 1.54) is 6.21 Å². The predicted molar refractivity (Wildman–Crippen MR) is 62.9 cm³/mol. The van der Waals surface area contributed by atoms with Crippen LogP contribution in [0.2, 0.25) is 5.02 Å². The lowest BCUT2D eigenvalue weighted by Crippen LogP contribution is -2.26. The van der Waals surface area contributed by atoms with Gasteiger partial charge in [-0.2, -0.15) is 5.10 Å². The average molecular weight is 253 g/mol. The highest BCUT2D eigenvalue weighted by molar-refractivity contribution is 6.30. The lowest BCUT2D eigenvalue weighted by Gasteiger charge is -1.97. The van der Waals surface area contributed by atoms with Gasteiger partial charge in [0.2, 0.25) is 5.69 Å². The molecule has 0 aliphatic heterocycles. The van der Waals surface area contributed by atoms with Crippen LogP contribution in [0.5, 0.6) is 0 Å². The van der Waals surface area contributed by atoms with E-state index in [9.17, 15) is 5.21 Å². The maximum absolute atomic E-state index is 10.9. The molecule has 0 bridgehead atoms. The molecule has 0 amide bonds. The molecule has 0 aliphatic rings. The molecule has 1 N–H and O–H groups in total. The summed E-state index contributed by atoms with van der Waals surface area (Å²) < 4.78 is 4.39. The summed E-state index contributed by atoms with van der Waals surface area (Å²) in [5.41, 5.74) is 4.28. The summed E-state index contributed by atoms with van der Waals surface area (Å²) in [6.07, 6.45) is 1.40. The number of hydrogen-bond donors (Lipinski definition) is 1. The molecule has 0 unspecified atom stereocenters. The first kappa shape index (κ1) is 11.4. The Bertz CT molecular complexity index is 536. The van der Waals surface area contributed by atoms with Gasteiger partial charge in [0.1, 0.15) is 6.21 Å². The summed E-state index contributed by atoms with van der Waals surface area (Å²) in [6.45, 7) is 1.59. The van der Waals surface area contributed by atoms with Crippen LogP contribution in [0.3, 0.4) is 0 Å². The van der Waals surface area contributed by atoms with Gasteiger partial charge >= 0.3 is 0 Å². The highest BCUT2D eigenvalue weighted by atomic mass is 35.5. The predicted octanol–water partition coefficient (Wildman–Crippen LogP) is 1.72. The summed E-state index contributed by atoms with van der Waals surface area (Å²) >= 11 is 5.74. The molecular weight excluding hydrogens is 244 g/mol. The van der Waals surface area contributed by atoms with Gasteiger partial charge < -0.3 is 5.21 Å². The van der Waals surface area contributed by atoms with E-state index in [1.54, 1.807) is 31.2 Å². The smallest absolute Gasteiger partial charge is 0.263 e. The first-order valence-corrected chi connectivity index (χ1v) is 5.15. The van der Waals surface area contributed by atoms with Crippen LogP contribution in [0.15, 0.2) is 34.0 Å². The van der Waals surface area contributed by atoms with Crippen molar-refractivity contribution in [2.75, 3.05) is 5.43 Å². The van der Waals surface area contributed by atoms with Gasteiger partial charge in [0, 0.05) is 17.1 Å². The molecule has 17 heavy (non-hydrogen) atoms. The van der Waals surface area contributed by atoms with E-state index < -0.39 is 0 Å². The zero-order valence-corrected chi connectivity index (χ0v) is 9.68. The largest absolute Gasteiger partial charge is 0.359 e. The minimum absolute atomic E-state index is 0.323. The standard InChI is InChI=1S/C10H9ClN4O2/c1-7-10(14-17-15(7)16)6-12-13-9-4-2-8(11)3-5-9/h2-6,13H,1H3/b12-6+. The molecule has 0 fully saturated rings. The van der Waals surface area contributed by atoms with Crippen LogP contribution < -0.4 is 10.3 Å². The molecule has 0 atom stereocenters. The Labute approximate surface area is 102 Å². The Morgan fingerprint density at radius 2 is 2.18 bits per heavy atom. The number of hydrazone groups is 1. The van der Waals surface area contributed by atoms with Crippen molar-refractivity contribution < 1.29 is 9.53 Å². The maximum atomic E-state index is 10.9. The van der Waals surface area contributed by atoms with Crippen LogP contribution in [0.25, 0.3) is 0 Å². The maximum Gasteiger partial charge on any atom is 0.263 e. The number of halogens is 1. The van der Waals surface area contributed by atoms with E-state index in [2.05, 4.69) is 20.3 Å². The van der Waals surface area contributed by atoms with Crippen molar-refractivity contribution in [2.24, 2.45) is 5.10 Å². The summed E-state index contributed by atoms with van der Waals surface area (Å²) in [5, 5.41) is 19.0. The van der Waals surface area contributed by atoms with Crippen LogP contribution in [0.4, 0.5) is 5.69 Å². The minimum atomic E-state index is 0.323. The van der Waals surface area contributed by atoms with Crippen molar-refractivity contribution in [3.05, 3.63) is 45.9 Å². The van der Waals surface area contributed by atoms with Gasteiger partial charge in [-0.15, -0.1) is 0 Å². The third-order valence-electron chi connectivity index (χ3n) is 2.08. The van der Waals surface area contributed by atoms with Crippen molar-refractivity contribution in [2.45, 2.75) is 6.92 Å². The SMILES string of the molecule is Cc1c(/C=N/Nc2ccc(Cl)cc2)no[n+]1[O-]. The third kappa shape index (κ3) is 2.73. The van der Waals surface area contributed by atoms with Gasteiger partial charge in [-0.05, 0) is 29.2 Å². The quantitative estimate of drug-likeness (QED) is 0.513. The average Bonchev–Trinajstić information content (AvgIpc) is 2.64. The molecular formula is C10H9ClN4O2. The normalized spacial score (nSPS) is 10.9. The van der Waals surface area contributed by atoms with Crippen LogP contribution >= 0.6 is 11.6 Å². The van der Waals surface area contributed by atoms with Crippen LogP contribution in [-0.2, 0) is 0 Å². The second kappa shape index (κ2) is 4.84. The summed E-state index contributed by atoms with van der Waals surface area (Å²) in [7, 11) is 0. The van der Waals surface area contributed by atoms with Gasteiger partial charge in [-0.1, -0.05) is 11.6 Å². The lowest BCUT2D eigenvalue weighted by molar-refractivity contribution is -0.806. The lowest BCUT2D eigenvalue weighted by atomic mass is 10.3. The second-order valence-corrected chi connectivity index (χ2v) is 3.71. The Kier molecular flexibility index (Phi) is 3.24. The monoisotopic (exact) mass is 252 g/mol. The molecule has 1 aromatic carbocycles. The van der Waals surface area contributed by atoms with Crippen molar-refractivity contribution in [3.8, 4) is 0 Å². The number of nitrogens with zero attached hydrogens (tertiary/aromatic N) is 3. The van der Waals surface area contributed by atoms with Crippen molar-refractivity contribution >= 4 is 23.5 Å². The van der Waals surface area contributed by atoms with E-state index in [1.807, 2.05) is 0 Å². The van der Waals surface area contributed by atoms with Crippen LogP contribution in [0, 0.1) is 12.1 Å². The molecule has 0 saturated carbocycles. The Morgan fingerprint density at radius 3 is 2.76 bits per heavy atom. The van der Waals surface area contributed by atoms with E-state index in [-0.39, 0.29) is 0 Å². The van der Waals surface area contributed by atoms with Crippen molar-refractivity contribution in [3.63, 3.8) is 0 Å². The number of anilines is 1. The highest BCUT2D eigenvalue weighted by Crippen LogP contribution is 2.13. The minimum Gasteiger partial charge on any atom is -0.359 e. The van der Waals surface area contributed by atoms with Gasteiger partial charge in [0.05, 0.1) is 5.69 Å². The van der Waals surface area contributed by atoms with Gasteiger partial charge in [-0.3, -0.25) is 10.1 Å². The van der Waals surface area contributed by atoms with Crippen LogP contribution in [-0.4, -0.2) is 11.4 Å². The Hall–Kier alpha value is -2.08. The molecule has 6 nitrogen and oxygen atoms in total. The van der Waals surface area contributed by atoms with E-state index >= 15 is 0 Å². The van der Waals surface area contributed by atoms with Gasteiger partial charge in [-0.25, -0.2) is 0 Å². The topological polar surface area (TPSA) is 77.4 Å². The van der Waals surface area contributed by atoms with Gasteiger partial charge in [0.25, 0.3) is 5.69 Å². The molecule has 1 heterocycles. The second-order valence-electron chi connectivity index (χ2n) is 3.28. The fraction of sp³-hybridized carbons (Fsp3) is 0.100. The highest BCUT2D eigenvalue weighted by Gasteiger charge is 2.10. The first-order valence-electron chi connectivity index (χ1n) is 4.78. The zero-order chi connectivity index (χ0) is 12.3. The number of rotatable bonds is 3. The summed E-state index contributed by atoms with van der Waals surface area (Å²) in [4.78, 5) is 0.323. The Morgan fingerprint density at radius 1 is 1.47 bits per heavy atom. The number of hydrogen-bond acceptors (Lipinski definition) is 5. The van der Waals surface area contributed by atoms with Crippen molar-refractivity contribution in [1.29, 1.82) is 0 Å². The number of aromatic nitrogens is 2. The van der Waals surface area contributed by atoms with Gasteiger partial charge in [0.15, 0.2) is 0 Å². The van der Waals surface area contributed by atoms with Crippen LogP contribution in [0.1, 0.15) is 11.4 Å². The van der Waals surface area contributed by atoms with Crippen molar-refractivity contribution in [1.82, 2.24) is 5.16 Å². The molecule has 7 heteroatoms. The summed E-state index contributed by atoms with van der Waals surface area (Å²) in [6, 6.07) is 7.05. The molecule has 1 aromatic heterocycles. The first-order chi connectivity index (χ1) is 8.16. The van der Waals surface area contributed by atoms with E-state index in [0.29, 0.717) is 21.3 Å². The molecule has 0 radical (unpaired) electrons. The fourth-order valence-corrected chi connectivity index (χ4v) is 1.24. The molecule has 0 saturated heterocycles. The molecule has 2 aromatic rings. The molecule has 0 spiro atoms. The fourth-order valence-electron chi connectivity index (χ4n) is 1.11. The molecule has 88 valence electrons. The number of benzene rings is 1. The van der Waals surface area contributed by atoms with E-state index in [4.69, 9.17) is 11.6 Å². The third-order valence-corrected chi connectivity index (χ3v) is 2.33. The molecule has 2 rings (SSSR count). The Balaban J connectivity index is 2.03. The zero-order valence-electron chi connectivity index (χ0n) is 8.92.